The van der Waals surface area contributed by atoms with Crippen LogP contribution in [0.3, 0.4) is 0 Å². The zero-order valence-corrected chi connectivity index (χ0v) is 22.8. The van der Waals surface area contributed by atoms with Crippen LogP contribution < -0.4 is 10.6 Å². The monoisotopic (exact) mass is 556 g/mol. The number of carbonyl (C=O) groups is 2. The maximum Gasteiger partial charge on any atom is 0.264 e. The number of nitrogens with zero attached hydrogens (tertiary/aromatic N) is 2. The second-order valence-electron chi connectivity index (χ2n) is 10.2. The minimum Gasteiger partial charge on any atom is -0.349 e. The summed E-state index contributed by atoms with van der Waals surface area (Å²) >= 11 is 6.00. The van der Waals surface area contributed by atoms with E-state index in [0.717, 1.165) is 48.8 Å². The number of carbonyl (C=O) groups excluding carboxylic acids is 2. The molecular formula is C28H33ClN4O4S. The molecule has 0 bridgehead atoms. The molecule has 1 aliphatic carbocycles. The number of benzene rings is 2. The van der Waals surface area contributed by atoms with Crippen LogP contribution >= 0.6 is 11.6 Å². The number of hydrogen-bond acceptors (Lipinski definition) is 5. The van der Waals surface area contributed by atoms with Gasteiger partial charge < -0.3 is 10.6 Å². The molecule has 2 heterocycles. The van der Waals surface area contributed by atoms with Gasteiger partial charge in [-0.2, -0.15) is 0 Å². The molecule has 1 fully saturated rings. The molecule has 0 aromatic heterocycles. The van der Waals surface area contributed by atoms with E-state index in [9.17, 15) is 18.0 Å². The fraction of sp³-hybridized carbons (Fsp3) is 0.429. The topological polar surface area (TPSA) is 98.8 Å². The molecule has 2 N–H and O–H groups in total. The van der Waals surface area contributed by atoms with Crippen molar-refractivity contribution in [1.29, 1.82) is 0 Å². The highest BCUT2D eigenvalue weighted by molar-refractivity contribution is 7.89. The van der Waals surface area contributed by atoms with Crippen LogP contribution in [0.25, 0.3) is 0 Å². The van der Waals surface area contributed by atoms with Crippen molar-refractivity contribution in [3.8, 4) is 0 Å². The van der Waals surface area contributed by atoms with Crippen molar-refractivity contribution in [2.24, 2.45) is 0 Å². The largest absolute Gasteiger partial charge is 0.349 e. The van der Waals surface area contributed by atoms with E-state index in [4.69, 9.17) is 11.6 Å². The molecule has 38 heavy (non-hydrogen) atoms. The minimum atomic E-state index is -4.09. The highest BCUT2D eigenvalue weighted by Crippen LogP contribution is 2.31. The Kier molecular flexibility index (Phi) is 8.07. The van der Waals surface area contributed by atoms with E-state index in [1.807, 2.05) is 0 Å². The molecule has 0 radical (unpaired) electrons. The van der Waals surface area contributed by atoms with Crippen LogP contribution in [0.4, 0.5) is 0 Å². The van der Waals surface area contributed by atoms with Gasteiger partial charge in [-0.3, -0.25) is 18.8 Å². The van der Waals surface area contributed by atoms with Crippen LogP contribution in [0.1, 0.15) is 61.3 Å². The summed E-state index contributed by atoms with van der Waals surface area (Å²) < 4.78 is 27.6. The third-order valence-corrected chi connectivity index (χ3v) is 9.53. The second kappa shape index (κ2) is 11.5. The van der Waals surface area contributed by atoms with Crippen LogP contribution in [-0.2, 0) is 32.6 Å². The van der Waals surface area contributed by atoms with Gasteiger partial charge in [-0.25, -0.2) is 8.42 Å². The molecule has 2 aliphatic heterocycles. The van der Waals surface area contributed by atoms with Crippen molar-refractivity contribution in [3.63, 3.8) is 0 Å². The predicted octanol–water partition coefficient (Wildman–Crippen LogP) is 3.87. The number of hydrogen-bond donors (Lipinski definition) is 2. The van der Waals surface area contributed by atoms with Crippen molar-refractivity contribution < 1.29 is 18.0 Å². The first kappa shape index (κ1) is 26.7. The Labute approximate surface area is 229 Å². The van der Waals surface area contributed by atoms with Crippen LogP contribution in [0, 0.1) is 0 Å². The standard InChI is InChI=1S/C28H33ClN4O4S/c29-22-7-5-8-23(17-22)38(36,37)33-15-12-30-28(35)26(33)18-27(34)31-25-9-4-6-21-16-20(10-11-24(21)25)19-32-13-2-1-3-14-32/h5,7-8,10-12,15-17,25-26H,1-4,6,9,13-14,18-19H2,(H,30,35)(H,31,34)/t25-,26-/m1/s1. The highest BCUT2D eigenvalue weighted by atomic mass is 35.5. The van der Waals surface area contributed by atoms with Gasteiger partial charge in [0.1, 0.15) is 6.04 Å². The average molecular weight is 557 g/mol. The zero-order valence-electron chi connectivity index (χ0n) is 21.2. The average Bonchev–Trinajstić information content (AvgIpc) is 2.90. The van der Waals surface area contributed by atoms with Crippen LogP contribution in [-0.4, -0.2) is 48.6 Å². The number of sulfonamides is 1. The SMILES string of the molecule is O=C(C[C@@H]1C(=O)NC=CN1S(=O)(=O)c1cccc(Cl)c1)N[C@@H]1CCCc2cc(CN3CCCCC3)ccc21. The van der Waals surface area contributed by atoms with Gasteiger partial charge in [-0.1, -0.05) is 42.3 Å². The fourth-order valence-corrected chi connectivity index (χ4v) is 7.36. The molecule has 8 nitrogen and oxygen atoms in total. The lowest BCUT2D eigenvalue weighted by atomic mass is 9.86. The number of rotatable bonds is 7. The third-order valence-electron chi connectivity index (χ3n) is 7.52. The molecule has 2 amide bonds. The van der Waals surface area contributed by atoms with Crippen molar-refractivity contribution in [2.75, 3.05) is 13.1 Å². The second-order valence-corrected chi connectivity index (χ2v) is 12.5. The Balaban J connectivity index is 1.28. The highest BCUT2D eigenvalue weighted by Gasteiger charge is 2.37. The Morgan fingerprint density at radius 3 is 2.68 bits per heavy atom. The summed E-state index contributed by atoms with van der Waals surface area (Å²) in [6.45, 7) is 3.24. The summed E-state index contributed by atoms with van der Waals surface area (Å²) in [4.78, 5) is 28.3. The maximum atomic E-state index is 13.3. The number of fused-ring (bicyclic) bond motifs is 1. The van der Waals surface area contributed by atoms with E-state index in [1.165, 1.54) is 61.0 Å². The minimum absolute atomic E-state index is 0.0451. The van der Waals surface area contributed by atoms with Gasteiger partial charge in [0.25, 0.3) is 10.0 Å². The molecule has 1 saturated heterocycles. The molecule has 2 aromatic rings. The Morgan fingerprint density at radius 1 is 1.08 bits per heavy atom. The molecule has 2 aromatic carbocycles. The first-order valence-electron chi connectivity index (χ1n) is 13.2. The van der Waals surface area contributed by atoms with Gasteiger partial charge >= 0.3 is 0 Å². The Hall–Kier alpha value is -2.88. The lowest BCUT2D eigenvalue weighted by molar-refractivity contribution is -0.129. The van der Waals surface area contributed by atoms with Gasteiger partial charge in [0, 0.05) is 24.0 Å². The molecule has 5 rings (SSSR count). The molecule has 10 heteroatoms. The first-order valence-corrected chi connectivity index (χ1v) is 15.0. The normalized spacial score (nSPS) is 22.0. The Morgan fingerprint density at radius 2 is 1.89 bits per heavy atom. The molecular weight excluding hydrogens is 524 g/mol. The van der Waals surface area contributed by atoms with Crippen LogP contribution in [0.5, 0.6) is 0 Å². The number of aryl methyl sites for hydroxylation is 1. The van der Waals surface area contributed by atoms with Gasteiger partial charge in [0.05, 0.1) is 17.4 Å². The predicted molar refractivity (Wildman–Crippen MR) is 146 cm³/mol. The lowest BCUT2D eigenvalue weighted by Crippen LogP contribution is -2.51. The number of likely N-dealkylation sites (tertiary alicyclic amines) is 1. The quantitative estimate of drug-likeness (QED) is 0.539. The van der Waals surface area contributed by atoms with Crippen molar-refractivity contribution in [3.05, 3.63) is 76.6 Å². The van der Waals surface area contributed by atoms with Crippen molar-refractivity contribution >= 4 is 33.4 Å². The van der Waals surface area contributed by atoms with Gasteiger partial charge in [0.2, 0.25) is 11.8 Å². The summed E-state index contributed by atoms with van der Waals surface area (Å²) in [6.07, 6.45) is 8.78. The van der Waals surface area contributed by atoms with E-state index in [-0.39, 0.29) is 28.3 Å². The summed E-state index contributed by atoms with van der Waals surface area (Å²) in [5.41, 5.74) is 3.65. The van der Waals surface area contributed by atoms with Crippen LogP contribution in [0.2, 0.25) is 5.02 Å². The maximum absolute atomic E-state index is 13.3. The van der Waals surface area contributed by atoms with E-state index in [1.54, 1.807) is 6.07 Å². The lowest BCUT2D eigenvalue weighted by Gasteiger charge is -2.32. The van der Waals surface area contributed by atoms with E-state index >= 15 is 0 Å². The summed E-state index contributed by atoms with van der Waals surface area (Å²) in [5.74, 6) is -0.929. The summed E-state index contributed by atoms with van der Waals surface area (Å²) in [5, 5.41) is 5.86. The fourth-order valence-electron chi connectivity index (χ4n) is 5.61. The van der Waals surface area contributed by atoms with Crippen molar-refractivity contribution in [2.45, 2.75) is 68.5 Å². The van der Waals surface area contributed by atoms with Crippen LogP contribution in [0.15, 0.2) is 59.8 Å². The number of nitrogens with one attached hydrogen (secondary N) is 2. The van der Waals surface area contributed by atoms with E-state index in [0.29, 0.717) is 0 Å². The Bertz CT molecular complexity index is 1340. The van der Waals surface area contributed by atoms with E-state index < -0.39 is 22.0 Å². The van der Waals surface area contributed by atoms with Gasteiger partial charge in [0.15, 0.2) is 0 Å². The number of halogens is 1. The van der Waals surface area contributed by atoms with Crippen molar-refractivity contribution in [1.82, 2.24) is 19.8 Å². The summed E-state index contributed by atoms with van der Waals surface area (Å²) in [7, 11) is -4.09. The number of piperidine rings is 1. The number of amides is 2. The first-order chi connectivity index (χ1) is 18.3. The molecule has 0 saturated carbocycles. The third kappa shape index (κ3) is 5.90. The molecule has 2 atom stereocenters. The zero-order chi connectivity index (χ0) is 26.7. The molecule has 0 unspecified atom stereocenters. The van der Waals surface area contributed by atoms with Gasteiger partial charge in [-0.15, -0.1) is 0 Å². The molecule has 3 aliphatic rings. The molecule has 0 spiro atoms. The summed E-state index contributed by atoms with van der Waals surface area (Å²) in [6, 6.07) is 11.0. The van der Waals surface area contributed by atoms with E-state index in [2.05, 4.69) is 33.7 Å². The molecule has 202 valence electrons. The van der Waals surface area contributed by atoms with Gasteiger partial charge in [-0.05, 0) is 80.1 Å². The smallest absolute Gasteiger partial charge is 0.264 e.